The van der Waals surface area contributed by atoms with Crippen LogP contribution in [-0.4, -0.2) is 16.6 Å². The number of carboxylic acids is 1. The van der Waals surface area contributed by atoms with Gasteiger partial charge in [-0.15, -0.1) is 0 Å². The maximum atomic E-state index is 10.5. The van der Waals surface area contributed by atoms with Gasteiger partial charge >= 0.3 is 5.97 Å². The van der Waals surface area contributed by atoms with E-state index >= 15 is 0 Å². The molecule has 1 atom stereocenters. The van der Waals surface area contributed by atoms with E-state index in [-0.39, 0.29) is 0 Å². The van der Waals surface area contributed by atoms with Crippen molar-refractivity contribution in [2.75, 3.05) is 0 Å². The number of allylic oxidation sites excluding steroid dienone is 1. The highest BCUT2D eigenvalue weighted by molar-refractivity contribution is 5.90. The summed E-state index contributed by atoms with van der Waals surface area (Å²) >= 11 is 0. The number of hydrogen-bond donors (Lipinski definition) is 2. The Morgan fingerprint density at radius 1 is 1.60 bits per heavy atom. The molecule has 0 aromatic rings. The number of nitrogens with two attached hydrogens (primary N) is 1. The molecule has 2 aliphatic rings. The van der Waals surface area contributed by atoms with Crippen LogP contribution < -0.4 is 5.73 Å². The summed E-state index contributed by atoms with van der Waals surface area (Å²) in [7, 11) is 0. The smallest absolute Gasteiger partial charge is 0.328 e. The maximum Gasteiger partial charge on any atom is 0.328 e. The quantitative estimate of drug-likeness (QED) is 0.512. The lowest BCUT2D eigenvalue weighted by Crippen LogP contribution is -2.32. The van der Waals surface area contributed by atoms with Gasteiger partial charge in [0.25, 0.3) is 0 Å². The van der Waals surface area contributed by atoms with Gasteiger partial charge in [0, 0.05) is 6.42 Å². The molecule has 2 rings (SSSR count). The second kappa shape index (κ2) is 1.42. The lowest BCUT2D eigenvalue weighted by Gasteiger charge is -1.96. The number of rotatable bonds is 1. The van der Waals surface area contributed by atoms with Gasteiger partial charge in [-0.05, 0) is 18.4 Å². The zero-order valence-electron chi connectivity index (χ0n) is 5.55. The van der Waals surface area contributed by atoms with Crippen molar-refractivity contribution >= 4 is 5.97 Å². The Balaban J connectivity index is 2.25. The Morgan fingerprint density at radius 2 is 2.20 bits per heavy atom. The van der Waals surface area contributed by atoms with Crippen molar-refractivity contribution in [1.82, 2.24) is 0 Å². The van der Waals surface area contributed by atoms with Crippen LogP contribution in [-0.2, 0) is 4.79 Å². The maximum absolute atomic E-state index is 10.5. The van der Waals surface area contributed by atoms with Crippen LogP contribution in [0.25, 0.3) is 0 Å². The molecule has 2 saturated carbocycles. The van der Waals surface area contributed by atoms with Gasteiger partial charge in [-0.25, -0.2) is 4.79 Å². The minimum absolute atomic E-state index is 0.581. The Labute approximate surface area is 58.5 Å². The topological polar surface area (TPSA) is 63.3 Å². The third-order valence-electron chi connectivity index (χ3n) is 2.18. The molecule has 2 aliphatic carbocycles. The molecule has 0 heterocycles. The zero-order valence-corrected chi connectivity index (χ0v) is 5.55. The summed E-state index contributed by atoms with van der Waals surface area (Å²) in [6.45, 7) is 0. The van der Waals surface area contributed by atoms with Gasteiger partial charge in [0.15, 0.2) is 0 Å². The lowest BCUT2D eigenvalue weighted by molar-refractivity contribution is -0.139. The summed E-state index contributed by atoms with van der Waals surface area (Å²) in [4.78, 5) is 10.5. The van der Waals surface area contributed by atoms with Crippen molar-refractivity contribution in [3.8, 4) is 0 Å². The molecule has 0 bridgehead atoms. The first-order valence-corrected chi connectivity index (χ1v) is 3.38. The largest absolute Gasteiger partial charge is 0.480 e. The normalized spacial score (nSPS) is 36.1. The van der Waals surface area contributed by atoms with Crippen LogP contribution in [0.2, 0.25) is 0 Å². The van der Waals surface area contributed by atoms with Crippen molar-refractivity contribution < 1.29 is 9.90 Å². The summed E-state index contributed by atoms with van der Waals surface area (Å²) in [5.74, 6) is -0.873. The molecule has 1 unspecified atom stereocenters. The van der Waals surface area contributed by atoms with E-state index in [0.717, 1.165) is 18.4 Å². The minimum atomic E-state index is -0.953. The summed E-state index contributed by atoms with van der Waals surface area (Å²) in [5, 5.41) is 8.60. The van der Waals surface area contributed by atoms with Crippen molar-refractivity contribution in [3.05, 3.63) is 11.1 Å². The Kier molecular flexibility index (Phi) is 0.843. The second-order valence-corrected chi connectivity index (χ2v) is 3.04. The van der Waals surface area contributed by atoms with Crippen molar-refractivity contribution in [2.24, 2.45) is 5.73 Å². The molecule has 0 radical (unpaired) electrons. The average molecular weight is 139 g/mol. The molecule has 0 amide bonds. The number of carbonyl (C=O) groups is 1. The molecule has 3 nitrogen and oxygen atoms in total. The molecule has 54 valence electrons. The van der Waals surface area contributed by atoms with Crippen LogP contribution in [0.5, 0.6) is 0 Å². The SMILES string of the molecule is NC1(C(=O)O)CC1=C1CC1. The van der Waals surface area contributed by atoms with E-state index in [0.29, 0.717) is 6.42 Å². The number of carboxylic acid groups (broad SMARTS) is 1. The van der Waals surface area contributed by atoms with Crippen LogP contribution in [0, 0.1) is 0 Å². The fourth-order valence-electron chi connectivity index (χ4n) is 1.24. The molecule has 0 aliphatic heterocycles. The first kappa shape index (κ1) is 5.92. The fraction of sp³-hybridized carbons (Fsp3) is 0.571. The summed E-state index contributed by atoms with van der Waals surface area (Å²) in [5.41, 5.74) is 6.83. The van der Waals surface area contributed by atoms with Gasteiger partial charge in [-0.2, -0.15) is 0 Å². The third-order valence-corrected chi connectivity index (χ3v) is 2.18. The first-order valence-electron chi connectivity index (χ1n) is 3.38. The molecule has 0 spiro atoms. The highest BCUT2D eigenvalue weighted by atomic mass is 16.4. The average Bonchev–Trinajstić information content (AvgIpc) is 2.57. The number of hydrogen-bond acceptors (Lipinski definition) is 2. The van der Waals surface area contributed by atoms with Crippen LogP contribution >= 0.6 is 0 Å². The highest BCUT2D eigenvalue weighted by Crippen LogP contribution is 2.50. The van der Waals surface area contributed by atoms with Gasteiger partial charge in [0.1, 0.15) is 5.54 Å². The zero-order chi connectivity index (χ0) is 7.35. The monoisotopic (exact) mass is 139 g/mol. The van der Waals surface area contributed by atoms with Gasteiger partial charge in [-0.3, -0.25) is 0 Å². The molecule has 0 aromatic carbocycles. The molecule has 3 heteroatoms. The Morgan fingerprint density at radius 3 is 2.50 bits per heavy atom. The molecule has 3 N–H and O–H groups in total. The Bertz CT molecular complexity index is 238. The summed E-state index contributed by atoms with van der Waals surface area (Å²) < 4.78 is 0. The molecule has 0 aromatic heterocycles. The van der Waals surface area contributed by atoms with E-state index in [2.05, 4.69) is 0 Å². The molecular formula is C7H9NO2. The predicted octanol–water partition coefficient (Wildman–Crippen LogP) is 0.263. The second-order valence-electron chi connectivity index (χ2n) is 3.04. The Hall–Kier alpha value is -0.830. The van der Waals surface area contributed by atoms with Crippen LogP contribution in [0.3, 0.4) is 0 Å². The van der Waals surface area contributed by atoms with Crippen LogP contribution in [0.15, 0.2) is 11.1 Å². The fourth-order valence-corrected chi connectivity index (χ4v) is 1.24. The van der Waals surface area contributed by atoms with Gasteiger partial charge in [0.05, 0.1) is 0 Å². The van der Waals surface area contributed by atoms with Crippen molar-refractivity contribution in [3.63, 3.8) is 0 Å². The van der Waals surface area contributed by atoms with E-state index in [1.165, 1.54) is 5.57 Å². The minimum Gasteiger partial charge on any atom is -0.480 e. The van der Waals surface area contributed by atoms with Gasteiger partial charge in [0.2, 0.25) is 0 Å². The summed E-state index contributed by atoms with van der Waals surface area (Å²) in [6.07, 6.45) is 2.72. The highest BCUT2D eigenvalue weighted by Gasteiger charge is 2.55. The summed E-state index contributed by atoms with van der Waals surface area (Å²) in [6, 6.07) is 0. The lowest BCUT2D eigenvalue weighted by atomic mass is 10.2. The van der Waals surface area contributed by atoms with Gasteiger partial charge in [-0.1, -0.05) is 5.57 Å². The molecular weight excluding hydrogens is 130 g/mol. The molecule has 0 saturated heterocycles. The van der Waals surface area contributed by atoms with Crippen LogP contribution in [0.1, 0.15) is 19.3 Å². The van der Waals surface area contributed by atoms with Crippen molar-refractivity contribution in [1.29, 1.82) is 0 Å². The number of aliphatic carboxylic acids is 1. The van der Waals surface area contributed by atoms with E-state index in [1.807, 2.05) is 0 Å². The van der Waals surface area contributed by atoms with E-state index in [9.17, 15) is 4.79 Å². The molecule has 10 heavy (non-hydrogen) atoms. The van der Waals surface area contributed by atoms with E-state index in [4.69, 9.17) is 10.8 Å². The standard InChI is InChI=1S/C7H9NO2/c8-7(6(9)10)3-5(7)4-1-2-4/h1-3,8H2,(H,9,10). The van der Waals surface area contributed by atoms with Crippen molar-refractivity contribution in [2.45, 2.75) is 24.8 Å². The van der Waals surface area contributed by atoms with Crippen LogP contribution in [0.4, 0.5) is 0 Å². The first-order chi connectivity index (χ1) is 4.64. The van der Waals surface area contributed by atoms with Gasteiger partial charge < -0.3 is 10.8 Å². The molecule has 2 fully saturated rings. The third kappa shape index (κ3) is 0.609. The van der Waals surface area contributed by atoms with E-state index < -0.39 is 11.5 Å². The predicted molar refractivity (Wildman–Crippen MR) is 35.4 cm³/mol. The van der Waals surface area contributed by atoms with E-state index in [1.54, 1.807) is 0 Å².